The van der Waals surface area contributed by atoms with Crippen LogP contribution in [0.25, 0.3) is 27.9 Å². The van der Waals surface area contributed by atoms with Gasteiger partial charge in [-0.2, -0.15) is 0 Å². The van der Waals surface area contributed by atoms with Crippen LogP contribution in [0.5, 0.6) is 0 Å². The van der Waals surface area contributed by atoms with Crippen LogP contribution in [0.2, 0.25) is 0 Å². The Morgan fingerprint density at radius 3 is 2.44 bits per heavy atom. The minimum Gasteiger partial charge on any atom is -0.342 e. The highest BCUT2D eigenvalue weighted by molar-refractivity contribution is 5.93. The Bertz CT molecular complexity index is 1100. The van der Waals surface area contributed by atoms with Crippen molar-refractivity contribution in [2.75, 3.05) is 18.0 Å². The first-order chi connectivity index (χ1) is 13.2. The summed E-state index contributed by atoms with van der Waals surface area (Å²) in [5, 5.41) is 10.2. The second kappa shape index (κ2) is 6.34. The van der Waals surface area contributed by atoms with Crippen molar-refractivity contribution in [2.45, 2.75) is 26.7 Å². The second-order valence-corrected chi connectivity index (χ2v) is 7.65. The van der Waals surface area contributed by atoms with Crippen LogP contribution >= 0.6 is 0 Å². The van der Waals surface area contributed by atoms with Crippen molar-refractivity contribution in [2.24, 2.45) is 5.92 Å². The fraction of sp³-hybridized carbons (Fsp3) is 0.318. The predicted molar refractivity (Wildman–Crippen MR) is 109 cm³/mol. The lowest BCUT2D eigenvalue weighted by Crippen LogP contribution is -2.34. The van der Waals surface area contributed by atoms with Gasteiger partial charge in [0.25, 0.3) is 0 Å². The summed E-state index contributed by atoms with van der Waals surface area (Å²) in [6, 6.07) is 16.7. The molecule has 27 heavy (non-hydrogen) atoms. The Morgan fingerprint density at radius 2 is 1.67 bits per heavy atom. The SMILES string of the molecule is Cc1ccc(-c2nnc3c4ccccc4nc(N4CCC(C)CC4)n23)cc1. The van der Waals surface area contributed by atoms with Crippen LogP contribution in [-0.2, 0) is 0 Å². The van der Waals surface area contributed by atoms with Crippen LogP contribution in [0.15, 0.2) is 48.5 Å². The average molecular weight is 357 g/mol. The topological polar surface area (TPSA) is 46.3 Å². The summed E-state index contributed by atoms with van der Waals surface area (Å²) in [4.78, 5) is 7.43. The summed E-state index contributed by atoms with van der Waals surface area (Å²) >= 11 is 0. The van der Waals surface area contributed by atoms with Crippen molar-refractivity contribution in [3.8, 4) is 11.4 Å². The zero-order chi connectivity index (χ0) is 18.4. The van der Waals surface area contributed by atoms with Crippen molar-refractivity contribution >= 4 is 22.5 Å². The van der Waals surface area contributed by atoms with Gasteiger partial charge in [-0.15, -0.1) is 10.2 Å². The molecule has 5 heteroatoms. The van der Waals surface area contributed by atoms with Gasteiger partial charge in [0.05, 0.1) is 5.52 Å². The first-order valence-electron chi connectivity index (χ1n) is 9.66. The van der Waals surface area contributed by atoms with Crippen molar-refractivity contribution in [1.29, 1.82) is 0 Å². The quantitative estimate of drug-likeness (QED) is 0.530. The van der Waals surface area contributed by atoms with E-state index in [1.807, 2.05) is 12.1 Å². The number of rotatable bonds is 2. The van der Waals surface area contributed by atoms with Gasteiger partial charge < -0.3 is 4.90 Å². The molecule has 0 unspecified atom stereocenters. The number of nitrogens with zero attached hydrogens (tertiary/aromatic N) is 5. The van der Waals surface area contributed by atoms with Crippen LogP contribution in [0.4, 0.5) is 5.95 Å². The normalized spacial score (nSPS) is 15.7. The van der Waals surface area contributed by atoms with Gasteiger partial charge in [-0.25, -0.2) is 9.38 Å². The molecule has 1 fully saturated rings. The Hall–Kier alpha value is -2.95. The molecule has 0 N–H and O–H groups in total. The molecule has 1 aliphatic heterocycles. The van der Waals surface area contributed by atoms with Crippen molar-refractivity contribution in [1.82, 2.24) is 19.6 Å². The highest BCUT2D eigenvalue weighted by Gasteiger charge is 2.23. The van der Waals surface area contributed by atoms with E-state index in [0.717, 1.165) is 52.9 Å². The molecule has 0 amide bonds. The van der Waals surface area contributed by atoms with E-state index >= 15 is 0 Å². The molecule has 0 atom stereocenters. The van der Waals surface area contributed by atoms with Gasteiger partial charge in [-0.1, -0.05) is 48.9 Å². The zero-order valence-corrected chi connectivity index (χ0v) is 15.8. The summed E-state index contributed by atoms with van der Waals surface area (Å²) in [7, 11) is 0. The van der Waals surface area contributed by atoms with Gasteiger partial charge >= 0.3 is 0 Å². The summed E-state index contributed by atoms with van der Waals surface area (Å²) in [6.45, 7) is 6.47. The van der Waals surface area contributed by atoms with Gasteiger partial charge in [-0.3, -0.25) is 0 Å². The van der Waals surface area contributed by atoms with Gasteiger partial charge in [-0.05, 0) is 37.8 Å². The molecule has 136 valence electrons. The number of aromatic nitrogens is 4. The molecule has 0 aliphatic carbocycles. The molecule has 0 bridgehead atoms. The Kier molecular flexibility index (Phi) is 3.81. The smallest absolute Gasteiger partial charge is 0.213 e. The minimum absolute atomic E-state index is 0.773. The molecule has 1 aliphatic rings. The Morgan fingerprint density at radius 1 is 0.926 bits per heavy atom. The fourth-order valence-electron chi connectivity index (χ4n) is 3.88. The third-order valence-corrected chi connectivity index (χ3v) is 5.60. The lowest BCUT2D eigenvalue weighted by atomic mass is 9.99. The summed E-state index contributed by atoms with van der Waals surface area (Å²) in [5.74, 6) is 2.59. The molecule has 0 saturated carbocycles. The molecule has 1 saturated heterocycles. The van der Waals surface area contributed by atoms with Gasteiger partial charge in [0.1, 0.15) is 0 Å². The van der Waals surface area contributed by atoms with Crippen LogP contribution in [-0.4, -0.2) is 32.7 Å². The van der Waals surface area contributed by atoms with Crippen molar-refractivity contribution < 1.29 is 0 Å². The number of fused-ring (bicyclic) bond motifs is 3. The highest BCUT2D eigenvalue weighted by Crippen LogP contribution is 2.30. The number of aryl methyl sites for hydroxylation is 1. The van der Waals surface area contributed by atoms with E-state index in [4.69, 9.17) is 4.98 Å². The fourth-order valence-corrected chi connectivity index (χ4v) is 3.88. The van der Waals surface area contributed by atoms with E-state index in [2.05, 4.69) is 69.7 Å². The summed E-state index contributed by atoms with van der Waals surface area (Å²) in [6.07, 6.45) is 2.38. The van der Waals surface area contributed by atoms with E-state index in [1.54, 1.807) is 0 Å². The summed E-state index contributed by atoms with van der Waals surface area (Å²) < 4.78 is 2.14. The third kappa shape index (κ3) is 2.74. The van der Waals surface area contributed by atoms with E-state index in [0.29, 0.717) is 0 Å². The Balaban J connectivity index is 1.77. The molecule has 2 aromatic heterocycles. The number of piperidine rings is 1. The maximum absolute atomic E-state index is 5.04. The molecule has 4 aromatic rings. The molecular formula is C22H23N5. The van der Waals surface area contributed by atoms with Gasteiger partial charge in [0.15, 0.2) is 11.5 Å². The first kappa shape index (κ1) is 16.2. The number of para-hydroxylation sites is 1. The second-order valence-electron chi connectivity index (χ2n) is 7.65. The van der Waals surface area contributed by atoms with E-state index in [-0.39, 0.29) is 0 Å². The lowest BCUT2D eigenvalue weighted by Gasteiger charge is -2.31. The monoisotopic (exact) mass is 357 g/mol. The molecule has 5 rings (SSSR count). The average Bonchev–Trinajstić information content (AvgIpc) is 3.14. The van der Waals surface area contributed by atoms with Gasteiger partial charge in [0.2, 0.25) is 5.95 Å². The lowest BCUT2D eigenvalue weighted by molar-refractivity contribution is 0.434. The maximum atomic E-state index is 5.04. The largest absolute Gasteiger partial charge is 0.342 e. The van der Waals surface area contributed by atoms with Crippen LogP contribution in [0, 0.1) is 12.8 Å². The molecular weight excluding hydrogens is 334 g/mol. The first-order valence-corrected chi connectivity index (χ1v) is 9.66. The predicted octanol–water partition coefficient (Wildman–Crippen LogP) is 4.49. The number of benzene rings is 2. The maximum Gasteiger partial charge on any atom is 0.213 e. The minimum atomic E-state index is 0.773. The van der Waals surface area contributed by atoms with Crippen LogP contribution in [0.1, 0.15) is 25.3 Å². The zero-order valence-electron chi connectivity index (χ0n) is 15.8. The molecule has 0 radical (unpaired) electrons. The number of hydrogen-bond donors (Lipinski definition) is 0. The van der Waals surface area contributed by atoms with Crippen LogP contribution in [0.3, 0.4) is 0 Å². The third-order valence-electron chi connectivity index (χ3n) is 5.60. The standard InChI is InChI=1S/C22H23N5/c1-15-7-9-17(10-8-15)20-24-25-21-18-5-3-4-6-19(18)23-22(27(20)21)26-13-11-16(2)12-14-26/h3-10,16H,11-14H2,1-2H3. The van der Waals surface area contributed by atoms with E-state index < -0.39 is 0 Å². The van der Waals surface area contributed by atoms with E-state index in [9.17, 15) is 0 Å². The number of hydrogen-bond acceptors (Lipinski definition) is 4. The molecule has 0 spiro atoms. The van der Waals surface area contributed by atoms with Gasteiger partial charge in [0, 0.05) is 24.0 Å². The molecule has 3 heterocycles. The van der Waals surface area contributed by atoms with E-state index in [1.165, 1.54) is 18.4 Å². The van der Waals surface area contributed by atoms with Crippen molar-refractivity contribution in [3.05, 3.63) is 54.1 Å². The number of anilines is 1. The molecule has 2 aromatic carbocycles. The van der Waals surface area contributed by atoms with Crippen LogP contribution < -0.4 is 4.90 Å². The Labute approximate surface area is 158 Å². The highest BCUT2D eigenvalue weighted by atomic mass is 15.4. The summed E-state index contributed by atoms with van der Waals surface area (Å²) in [5.41, 5.74) is 4.16. The molecule has 5 nitrogen and oxygen atoms in total. The van der Waals surface area contributed by atoms with Crippen molar-refractivity contribution in [3.63, 3.8) is 0 Å².